The molecule has 0 bridgehead atoms. The molecule has 0 fully saturated rings. The Balaban J connectivity index is 2.71. The van der Waals surface area contributed by atoms with Crippen molar-refractivity contribution < 1.29 is 9.13 Å². The molecule has 0 aliphatic rings. The Bertz CT molecular complexity index is 421. The molecule has 2 nitrogen and oxygen atoms in total. The van der Waals surface area contributed by atoms with Gasteiger partial charge in [-0.2, -0.15) is 0 Å². The molecule has 0 saturated carbocycles. The zero-order valence-corrected chi connectivity index (χ0v) is 12.9. The lowest BCUT2D eigenvalue weighted by atomic mass is 9.82. The summed E-state index contributed by atoms with van der Waals surface area (Å²) in [5, 5.41) is 3.43. The van der Waals surface area contributed by atoms with Gasteiger partial charge >= 0.3 is 0 Å². The van der Waals surface area contributed by atoms with Crippen molar-refractivity contribution in [2.24, 2.45) is 5.41 Å². The number of benzene rings is 1. The molecular weight excluding hydrogens is 241 g/mol. The summed E-state index contributed by atoms with van der Waals surface area (Å²) in [4.78, 5) is 0. The maximum atomic E-state index is 14.0. The molecule has 108 valence electrons. The highest BCUT2D eigenvalue weighted by Gasteiger charge is 2.25. The molecule has 0 aliphatic carbocycles. The third-order valence-corrected chi connectivity index (χ3v) is 2.99. The Hall–Kier alpha value is -1.09. The average Bonchev–Trinajstić information content (AvgIpc) is 2.24. The predicted octanol–water partition coefficient (Wildman–Crippen LogP) is 4.14. The van der Waals surface area contributed by atoms with Gasteiger partial charge in [-0.15, -0.1) is 0 Å². The van der Waals surface area contributed by atoms with E-state index in [1.54, 1.807) is 12.1 Å². The van der Waals surface area contributed by atoms with Crippen molar-refractivity contribution in [3.63, 3.8) is 0 Å². The molecule has 0 aliphatic heterocycles. The largest absolute Gasteiger partial charge is 0.494 e. The second kappa shape index (κ2) is 5.91. The first-order chi connectivity index (χ1) is 8.64. The van der Waals surface area contributed by atoms with Crippen LogP contribution in [-0.2, 0) is 6.54 Å². The topological polar surface area (TPSA) is 21.3 Å². The zero-order chi connectivity index (χ0) is 14.7. The normalized spacial score (nSPS) is 12.6. The summed E-state index contributed by atoms with van der Waals surface area (Å²) in [6, 6.07) is 5.24. The Morgan fingerprint density at radius 1 is 1.16 bits per heavy atom. The minimum atomic E-state index is -0.274. The van der Waals surface area contributed by atoms with Crippen LogP contribution in [0.4, 0.5) is 4.39 Å². The van der Waals surface area contributed by atoms with Crippen LogP contribution in [0, 0.1) is 11.2 Å². The Morgan fingerprint density at radius 3 is 2.32 bits per heavy atom. The van der Waals surface area contributed by atoms with Crippen LogP contribution in [0.1, 0.15) is 46.6 Å². The van der Waals surface area contributed by atoms with Crippen molar-refractivity contribution in [1.82, 2.24) is 5.32 Å². The molecule has 1 rings (SSSR count). The Kier molecular flexibility index (Phi) is 4.97. The molecule has 1 N–H and O–H groups in total. The van der Waals surface area contributed by atoms with Crippen molar-refractivity contribution in [2.45, 2.75) is 53.1 Å². The molecule has 0 unspecified atom stereocenters. The van der Waals surface area contributed by atoms with Gasteiger partial charge in [-0.25, -0.2) is 4.39 Å². The molecule has 0 aromatic heterocycles. The van der Waals surface area contributed by atoms with E-state index >= 15 is 0 Å². The number of hydrogen-bond donors (Lipinski definition) is 1. The molecule has 19 heavy (non-hydrogen) atoms. The molecule has 0 radical (unpaired) electrons. The molecule has 1 aromatic rings. The smallest absolute Gasteiger partial charge is 0.169 e. The number of methoxy groups -OCH3 is 1. The first-order valence-electron chi connectivity index (χ1n) is 6.71. The SMILES string of the molecule is COc1cccc(CNC(C)(C)CC(C)(C)C)c1F. The molecule has 1 aromatic carbocycles. The van der Waals surface area contributed by atoms with Crippen molar-refractivity contribution in [3.05, 3.63) is 29.6 Å². The standard InChI is InChI=1S/C16H26FNO/c1-15(2,3)11-16(4,5)18-10-12-8-7-9-13(19-6)14(12)17/h7-9,18H,10-11H2,1-6H3. The van der Waals surface area contributed by atoms with Gasteiger partial charge in [0.25, 0.3) is 0 Å². The summed E-state index contributed by atoms with van der Waals surface area (Å²) in [6.45, 7) is 11.4. The van der Waals surface area contributed by atoms with E-state index in [1.807, 2.05) is 6.07 Å². The highest BCUT2D eigenvalue weighted by atomic mass is 19.1. The van der Waals surface area contributed by atoms with Gasteiger partial charge in [-0.1, -0.05) is 32.9 Å². The summed E-state index contributed by atoms with van der Waals surface area (Å²) in [5.41, 5.74) is 0.846. The summed E-state index contributed by atoms with van der Waals surface area (Å²) >= 11 is 0. The molecule has 0 spiro atoms. The van der Waals surface area contributed by atoms with Crippen LogP contribution in [0.3, 0.4) is 0 Å². The van der Waals surface area contributed by atoms with E-state index in [-0.39, 0.29) is 16.8 Å². The Morgan fingerprint density at radius 2 is 1.79 bits per heavy atom. The van der Waals surface area contributed by atoms with Crippen molar-refractivity contribution in [2.75, 3.05) is 7.11 Å². The number of rotatable bonds is 5. The second-order valence-corrected chi connectivity index (χ2v) is 6.91. The number of halogens is 1. The summed E-state index contributed by atoms with van der Waals surface area (Å²) < 4.78 is 19.0. The highest BCUT2D eigenvalue weighted by molar-refractivity contribution is 5.31. The van der Waals surface area contributed by atoms with Crippen molar-refractivity contribution in [3.8, 4) is 5.75 Å². The first-order valence-corrected chi connectivity index (χ1v) is 6.71. The Labute approximate surface area is 116 Å². The number of ether oxygens (including phenoxy) is 1. The zero-order valence-electron chi connectivity index (χ0n) is 12.9. The maximum Gasteiger partial charge on any atom is 0.169 e. The van der Waals surface area contributed by atoms with E-state index in [0.717, 1.165) is 6.42 Å². The third-order valence-electron chi connectivity index (χ3n) is 2.99. The van der Waals surface area contributed by atoms with Gasteiger partial charge in [-0.05, 0) is 31.7 Å². The van der Waals surface area contributed by atoms with E-state index in [9.17, 15) is 4.39 Å². The number of nitrogens with one attached hydrogen (secondary N) is 1. The number of hydrogen-bond acceptors (Lipinski definition) is 2. The molecule has 3 heteroatoms. The van der Waals surface area contributed by atoms with Gasteiger partial charge in [0.05, 0.1) is 7.11 Å². The second-order valence-electron chi connectivity index (χ2n) is 6.91. The van der Waals surface area contributed by atoms with Crippen LogP contribution in [0.5, 0.6) is 5.75 Å². The van der Waals surface area contributed by atoms with E-state index < -0.39 is 0 Å². The van der Waals surface area contributed by atoms with Crippen molar-refractivity contribution >= 4 is 0 Å². The van der Waals surface area contributed by atoms with Crippen LogP contribution >= 0.6 is 0 Å². The molecule has 0 heterocycles. The average molecular weight is 267 g/mol. The van der Waals surface area contributed by atoms with Crippen LogP contribution in [0.25, 0.3) is 0 Å². The van der Waals surface area contributed by atoms with Gasteiger partial charge in [0.15, 0.2) is 11.6 Å². The van der Waals surface area contributed by atoms with Gasteiger partial charge in [0.2, 0.25) is 0 Å². The van der Waals surface area contributed by atoms with Gasteiger partial charge in [0, 0.05) is 17.6 Å². The fraction of sp³-hybridized carbons (Fsp3) is 0.625. The van der Waals surface area contributed by atoms with Gasteiger partial charge in [-0.3, -0.25) is 0 Å². The van der Waals surface area contributed by atoms with Crippen LogP contribution in [0.15, 0.2) is 18.2 Å². The van der Waals surface area contributed by atoms with E-state index in [4.69, 9.17) is 4.74 Å². The fourth-order valence-electron chi connectivity index (χ4n) is 2.57. The summed E-state index contributed by atoms with van der Waals surface area (Å²) in [6.07, 6.45) is 1.02. The van der Waals surface area contributed by atoms with Crippen molar-refractivity contribution in [1.29, 1.82) is 0 Å². The molecule has 0 saturated heterocycles. The highest BCUT2D eigenvalue weighted by Crippen LogP contribution is 2.27. The third kappa shape index (κ3) is 5.19. The van der Waals surface area contributed by atoms with E-state index in [1.165, 1.54) is 7.11 Å². The molecule has 0 amide bonds. The quantitative estimate of drug-likeness (QED) is 0.865. The van der Waals surface area contributed by atoms with E-state index in [2.05, 4.69) is 39.9 Å². The molecule has 0 atom stereocenters. The van der Waals surface area contributed by atoms with Crippen LogP contribution in [-0.4, -0.2) is 12.6 Å². The maximum absolute atomic E-state index is 14.0. The summed E-state index contributed by atoms with van der Waals surface area (Å²) in [7, 11) is 1.49. The minimum Gasteiger partial charge on any atom is -0.494 e. The lowest BCUT2D eigenvalue weighted by Gasteiger charge is -2.33. The lowest BCUT2D eigenvalue weighted by molar-refractivity contribution is 0.239. The predicted molar refractivity (Wildman–Crippen MR) is 77.9 cm³/mol. The lowest BCUT2D eigenvalue weighted by Crippen LogP contribution is -2.42. The van der Waals surface area contributed by atoms with Gasteiger partial charge in [0.1, 0.15) is 0 Å². The van der Waals surface area contributed by atoms with Crippen LogP contribution < -0.4 is 10.1 Å². The monoisotopic (exact) mass is 267 g/mol. The fourth-order valence-corrected chi connectivity index (χ4v) is 2.57. The first kappa shape index (κ1) is 16.0. The summed E-state index contributed by atoms with van der Waals surface area (Å²) in [5.74, 6) is 0.0250. The van der Waals surface area contributed by atoms with E-state index in [0.29, 0.717) is 17.9 Å². The van der Waals surface area contributed by atoms with Gasteiger partial charge < -0.3 is 10.1 Å². The van der Waals surface area contributed by atoms with Crippen LogP contribution in [0.2, 0.25) is 0 Å². The molecular formula is C16H26FNO. The minimum absolute atomic E-state index is 0.0340.